The fourth-order valence-electron chi connectivity index (χ4n) is 1.94. The van der Waals surface area contributed by atoms with Crippen LogP contribution in [0.5, 0.6) is 0 Å². The molecule has 6 heteroatoms. The van der Waals surface area contributed by atoms with Crippen molar-refractivity contribution in [2.24, 2.45) is 0 Å². The number of ether oxygens (including phenoxy) is 1. The Balaban J connectivity index is 1.90. The van der Waals surface area contributed by atoms with E-state index in [1.165, 1.54) is 0 Å². The van der Waals surface area contributed by atoms with Crippen LogP contribution < -0.4 is 11.1 Å². The maximum atomic E-state index is 12.0. The van der Waals surface area contributed by atoms with Crippen molar-refractivity contribution in [3.05, 3.63) is 18.0 Å². The Morgan fingerprint density at radius 3 is 2.85 bits per heavy atom. The monoisotopic (exact) mass is 279 g/mol. The topological polar surface area (TPSA) is 86.3 Å². The predicted molar refractivity (Wildman–Crippen MR) is 75.3 cm³/mol. The number of nitrogens with two attached hydrogens (primary N) is 1. The van der Waals surface area contributed by atoms with Crippen molar-refractivity contribution < 1.29 is 14.3 Å². The second-order valence-corrected chi connectivity index (χ2v) is 5.25. The Labute approximate surface area is 118 Å². The van der Waals surface area contributed by atoms with Gasteiger partial charge in [-0.15, -0.1) is 0 Å². The van der Waals surface area contributed by atoms with Crippen LogP contribution in [-0.2, 0) is 9.53 Å². The number of esters is 1. The number of aromatic nitrogens is 1. The largest absolute Gasteiger partial charge is 0.451 e. The standard InChI is InChI=1S/C14H21N3O3/c1-3-9(2)16-13(18)8-20-14(19)12-6-10(15)7-17(12)11-4-5-11/h6-7,9,11H,3-5,8,15H2,1-2H3,(H,16,18). The smallest absolute Gasteiger partial charge is 0.355 e. The average molecular weight is 279 g/mol. The number of anilines is 1. The van der Waals surface area contributed by atoms with Gasteiger partial charge in [0, 0.05) is 18.3 Å². The van der Waals surface area contributed by atoms with Gasteiger partial charge >= 0.3 is 5.97 Å². The van der Waals surface area contributed by atoms with Gasteiger partial charge < -0.3 is 20.4 Å². The van der Waals surface area contributed by atoms with Gasteiger partial charge in [-0.05, 0) is 32.3 Å². The van der Waals surface area contributed by atoms with E-state index in [1.54, 1.807) is 12.3 Å². The van der Waals surface area contributed by atoms with Crippen molar-refractivity contribution in [1.29, 1.82) is 0 Å². The number of nitrogens with one attached hydrogen (secondary N) is 1. The summed E-state index contributed by atoms with van der Waals surface area (Å²) in [6.07, 6.45) is 4.67. The lowest BCUT2D eigenvalue weighted by Crippen LogP contribution is -2.35. The number of rotatable bonds is 6. The molecule has 0 saturated heterocycles. The third-order valence-corrected chi connectivity index (χ3v) is 3.37. The molecule has 0 aliphatic heterocycles. The summed E-state index contributed by atoms with van der Waals surface area (Å²) in [7, 11) is 0. The Morgan fingerprint density at radius 2 is 2.25 bits per heavy atom. The SMILES string of the molecule is CCC(C)NC(=O)COC(=O)c1cc(N)cn1C1CC1. The van der Waals surface area contributed by atoms with E-state index in [-0.39, 0.29) is 18.6 Å². The van der Waals surface area contributed by atoms with Crippen LogP contribution in [-0.4, -0.2) is 29.1 Å². The molecule has 2 rings (SSSR count). The van der Waals surface area contributed by atoms with Gasteiger partial charge in [-0.25, -0.2) is 4.79 Å². The highest BCUT2D eigenvalue weighted by Crippen LogP contribution is 2.37. The second kappa shape index (κ2) is 5.98. The first kappa shape index (κ1) is 14.4. The molecule has 1 atom stereocenters. The molecule has 0 spiro atoms. The van der Waals surface area contributed by atoms with Gasteiger partial charge in [0.25, 0.3) is 5.91 Å². The number of carbonyl (C=O) groups excluding carboxylic acids is 2. The maximum Gasteiger partial charge on any atom is 0.355 e. The summed E-state index contributed by atoms with van der Waals surface area (Å²) < 4.78 is 6.88. The second-order valence-electron chi connectivity index (χ2n) is 5.25. The molecule has 1 unspecified atom stereocenters. The molecule has 1 aliphatic carbocycles. The van der Waals surface area contributed by atoms with Gasteiger partial charge in [0.05, 0.1) is 5.69 Å². The number of amides is 1. The number of hydrogen-bond donors (Lipinski definition) is 2. The number of hydrogen-bond acceptors (Lipinski definition) is 4. The van der Waals surface area contributed by atoms with Gasteiger partial charge in [-0.1, -0.05) is 6.92 Å². The average Bonchev–Trinajstić information content (AvgIpc) is 3.18. The normalized spacial score (nSPS) is 15.7. The van der Waals surface area contributed by atoms with Gasteiger partial charge in [0.2, 0.25) is 0 Å². The Bertz CT molecular complexity index is 506. The number of carbonyl (C=O) groups is 2. The summed E-state index contributed by atoms with van der Waals surface area (Å²) in [5, 5.41) is 2.74. The molecule has 1 aliphatic rings. The van der Waals surface area contributed by atoms with E-state index >= 15 is 0 Å². The van der Waals surface area contributed by atoms with Crippen LogP contribution in [0.4, 0.5) is 5.69 Å². The van der Waals surface area contributed by atoms with E-state index in [9.17, 15) is 9.59 Å². The van der Waals surface area contributed by atoms with E-state index in [4.69, 9.17) is 10.5 Å². The molecule has 1 heterocycles. The summed E-state index contributed by atoms with van der Waals surface area (Å²) in [5.41, 5.74) is 6.67. The molecule has 6 nitrogen and oxygen atoms in total. The van der Waals surface area contributed by atoms with Crippen LogP contribution in [0, 0.1) is 0 Å². The summed E-state index contributed by atoms with van der Waals surface area (Å²) in [5.74, 6) is -0.793. The number of nitrogens with zero attached hydrogens (tertiary/aromatic N) is 1. The van der Waals surface area contributed by atoms with Crippen molar-refractivity contribution >= 4 is 17.6 Å². The van der Waals surface area contributed by atoms with Crippen molar-refractivity contribution in [2.75, 3.05) is 12.3 Å². The van der Waals surface area contributed by atoms with Gasteiger partial charge in [-0.2, -0.15) is 0 Å². The molecule has 1 aromatic rings. The highest BCUT2D eigenvalue weighted by atomic mass is 16.5. The fraction of sp³-hybridized carbons (Fsp3) is 0.571. The van der Waals surface area contributed by atoms with E-state index in [0.29, 0.717) is 17.4 Å². The van der Waals surface area contributed by atoms with Crippen molar-refractivity contribution in [1.82, 2.24) is 9.88 Å². The molecule has 20 heavy (non-hydrogen) atoms. The fourth-order valence-corrected chi connectivity index (χ4v) is 1.94. The molecule has 0 bridgehead atoms. The van der Waals surface area contributed by atoms with Crippen LogP contribution >= 0.6 is 0 Å². The van der Waals surface area contributed by atoms with Crippen LogP contribution in [0.2, 0.25) is 0 Å². The van der Waals surface area contributed by atoms with E-state index < -0.39 is 5.97 Å². The summed E-state index contributed by atoms with van der Waals surface area (Å²) in [6, 6.07) is 2.00. The minimum Gasteiger partial charge on any atom is -0.451 e. The maximum absolute atomic E-state index is 12.0. The highest BCUT2D eigenvalue weighted by molar-refractivity contribution is 5.91. The zero-order valence-electron chi connectivity index (χ0n) is 11.9. The first-order valence-corrected chi connectivity index (χ1v) is 6.95. The minimum absolute atomic E-state index is 0.0761. The van der Waals surface area contributed by atoms with E-state index in [2.05, 4.69) is 5.32 Å². The Kier molecular flexibility index (Phi) is 4.32. The minimum atomic E-state index is -0.507. The first-order valence-electron chi connectivity index (χ1n) is 6.95. The Hall–Kier alpha value is -1.98. The first-order chi connectivity index (χ1) is 9.51. The third kappa shape index (κ3) is 3.53. The summed E-state index contributed by atoms with van der Waals surface area (Å²) >= 11 is 0. The van der Waals surface area contributed by atoms with Crippen LogP contribution in [0.1, 0.15) is 49.6 Å². The lowest BCUT2D eigenvalue weighted by Gasteiger charge is -2.12. The Morgan fingerprint density at radius 1 is 1.55 bits per heavy atom. The molecule has 1 fully saturated rings. The number of nitrogen functional groups attached to an aromatic ring is 1. The molecule has 1 amide bonds. The summed E-state index contributed by atoms with van der Waals surface area (Å²) in [6.45, 7) is 3.61. The van der Waals surface area contributed by atoms with E-state index in [0.717, 1.165) is 19.3 Å². The molecule has 1 saturated carbocycles. The van der Waals surface area contributed by atoms with Crippen LogP contribution in [0.25, 0.3) is 0 Å². The zero-order chi connectivity index (χ0) is 14.7. The third-order valence-electron chi connectivity index (χ3n) is 3.37. The highest BCUT2D eigenvalue weighted by Gasteiger charge is 2.28. The van der Waals surface area contributed by atoms with Gasteiger partial charge in [0.15, 0.2) is 6.61 Å². The quantitative estimate of drug-likeness (QED) is 0.772. The molecule has 3 N–H and O–H groups in total. The lowest BCUT2D eigenvalue weighted by molar-refractivity contribution is -0.124. The molecule has 0 aromatic carbocycles. The zero-order valence-corrected chi connectivity index (χ0v) is 11.9. The summed E-state index contributed by atoms with van der Waals surface area (Å²) in [4.78, 5) is 23.6. The molecule has 1 aromatic heterocycles. The molecular weight excluding hydrogens is 258 g/mol. The molecular formula is C14H21N3O3. The van der Waals surface area contributed by atoms with E-state index in [1.807, 2.05) is 18.4 Å². The van der Waals surface area contributed by atoms with Crippen LogP contribution in [0.3, 0.4) is 0 Å². The van der Waals surface area contributed by atoms with Crippen molar-refractivity contribution in [2.45, 2.75) is 45.2 Å². The van der Waals surface area contributed by atoms with Gasteiger partial charge in [0.1, 0.15) is 5.69 Å². The van der Waals surface area contributed by atoms with Gasteiger partial charge in [-0.3, -0.25) is 4.79 Å². The van der Waals surface area contributed by atoms with Crippen molar-refractivity contribution in [3.63, 3.8) is 0 Å². The van der Waals surface area contributed by atoms with Crippen LogP contribution in [0.15, 0.2) is 12.3 Å². The molecule has 110 valence electrons. The molecule has 0 radical (unpaired) electrons. The van der Waals surface area contributed by atoms with Crippen molar-refractivity contribution in [3.8, 4) is 0 Å². The predicted octanol–water partition coefficient (Wildman–Crippen LogP) is 1.48. The lowest BCUT2D eigenvalue weighted by atomic mass is 10.2.